The Bertz CT molecular complexity index is 262. The van der Waals surface area contributed by atoms with Crippen molar-refractivity contribution in [2.45, 2.75) is 43.3 Å². The summed E-state index contributed by atoms with van der Waals surface area (Å²) >= 11 is 5.58. The Kier molecular flexibility index (Phi) is 4.03. The number of aliphatic hydroxyl groups excluding tert-OH is 1. The van der Waals surface area contributed by atoms with Crippen molar-refractivity contribution < 1.29 is 27.8 Å². The molecule has 16 heavy (non-hydrogen) atoms. The Hall–Kier alpha value is -0.530. The molecule has 1 saturated heterocycles. The van der Waals surface area contributed by atoms with Gasteiger partial charge in [-0.25, -0.2) is 0 Å². The summed E-state index contributed by atoms with van der Waals surface area (Å²) in [6.45, 7) is 1.43. The number of carbonyl (C=O) groups excluding carboxylic acids is 1. The first-order chi connectivity index (χ1) is 7.21. The number of alkyl halides is 4. The van der Waals surface area contributed by atoms with Gasteiger partial charge >= 0.3 is 12.1 Å². The van der Waals surface area contributed by atoms with E-state index >= 15 is 0 Å². The summed E-state index contributed by atoms with van der Waals surface area (Å²) in [6.07, 6.45) is -6.94. The van der Waals surface area contributed by atoms with Crippen LogP contribution < -0.4 is 5.32 Å². The summed E-state index contributed by atoms with van der Waals surface area (Å²) in [6, 6.07) is -1.11. The van der Waals surface area contributed by atoms with E-state index in [9.17, 15) is 23.1 Å². The van der Waals surface area contributed by atoms with Gasteiger partial charge < -0.3 is 15.2 Å². The molecular weight excluding hydrogens is 251 g/mol. The van der Waals surface area contributed by atoms with Gasteiger partial charge in [0.05, 0.1) is 18.2 Å². The monoisotopic (exact) mass is 261 g/mol. The van der Waals surface area contributed by atoms with Crippen LogP contribution in [0.5, 0.6) is 0 Å². The topological polar surface area (TPSA) is 58.6 Å². The number of hydrogen-bond acceptors (Lipinski definition) is 3. The van der Waals surface area contributed by atoms with E-state index in [-0.39, 0.29) is 6.42 Å². The zero-order valence-electron chi connectivity index (χ0n) is 8.29. The Morgan fingerprint density at radius 3 is 2.56 bits per heavy atom. The van der Waals surface area contributed by atoms with Gasteiger partial charge in [-0.15, -0.1) is 0 Å². The van der Waals surface area contributed by atoms with Gasteiger partial charge in [-0.2, -0.15) is 13.2 Å². The highest BCUT2D eigenvalue weighted by atomic mass is 35.5. The highest BCUT2D eigenvalue weighted by molar-refractivity contribution is 6.19. The van der Waals surface area contributed by atoms with Gasteiger partial charge in [0.2, 0.25) is 0 Å². The maximum Gasteiger partial charge on any atom is 0.471 e. The quantitative estimate of drug-likeness (QED) is 0.686. The molecule has 8 heteroatoms. The summed E-state index contributed by atoms with van der Waals surface area (Å²) in [7, 11) is 0. The molecular formula is C8H11ClF3NO3. The van der Waals surface area contributed by atoms with Gasteiger partial charge in [0.25, 0.3) is 0 Å². The van der Waals surface area contributed by atoms with E-state index in [1.165, 1.54) is 6.92 Å². The molecule has 2 N–H and O–H groups in total. The minimum absolute atomic E-state index is 0.0330. The number of ether oxygens (including phenoxy) is 1. The maximum atomic E-state index is 12.0. The van der Waals surface area contributed by atoms with E-state index in [1.807, 2.05) is 0 Å². The van der Waals surface area contributed by atoms with E-state index in [2.05, 4.69) is 0 Å². The lowest BCUT2D eigenvalue weighted by Crippen LogP contribution is -2.57. The van der Waals surface area contributed by atoms with Crippen molar-refractivity contribution in [2.24, 2.45) is 0 Å². The molecule has 1 aliphatic heterocycles. The van der Waals surface area contributed by atoms with Crippen molar-refractivity contribution in [3.63, 3.8) is 0 Å². The fourth-order valence-electron chi connectivity index (χ4n) is 1.47. The van der Waals surface area contributed by atoms with Gasteiger partial charge in [0.15, 0.2) is 0 Å². The average molecular weight is 262 g/mol. The Morgan fingerprint density at radius 2 is 2.12 bits per heavy atom. The first-order valence-electron chi connectivity index (χ1n) is 4.57. The van der Waals surface area contributed by atoms with Crippen molar-refractivity contribution in [3.8, 4) is 0 Å². The lowest BCUT2D eigenvalue weighted by atomic mass is 10.0. The maximum absolute atomic E-state index is 12.0. The minimum Gasteiger partial charge on any atom is -0.391 e. The predicted molar refractivity (Wildman–Crippen MR) is 48.8 cm³/mol. The number of halogens is 4. The lowest BCUT2D eigenvalue weighted by molar-refractivity contribution is -0.178. The first kappa shape index (κ1) is 13.5. The first-order valence-corrected chi connectivity index (χ1v) is 5.00. The van der Waals surface area contributed by atoms with Crippen LogP contribution in [0.4, 0.5) is 13.2 Å². The number of nitrogens with one attached hydrogen (secondary N) is 1. The molecule has 1 heterocycles. The van der Waals surface area contributed by atoms with Crippen LogP contribution in [0.15, 0.2) is 0 Å². The summed E-state index contributed by atoms with van der Waals surface area (Å²) in [5.41, 5.74) is -0.760. The third-order valence-corrected chi connectivity index (χ3v) is 2.55. The van der Waals surface area contributed by atoms with E-state index in [4.69, 9.17) is 16.3 Å². The molecule has 1 rings (SSSR count). The summed E-state index contributed by atoms with van der Waals surface area (Å²) < 4.78 is 40.9. The van der Waals surface area contributed by atoms with E-state index in [1.54, 1.807) is 5.32 Å². The van der Waals surface area contributed by atoms with Crippen LogP contribution in [0.2, 0.25) is 0 Å². The van der Waals surface area contributed by atoms with Gasteiger partial charge in [0.1, 0.15) is 5.56 Å². The molecule has 4 nitrogen and oxygen atoms in total. The molecule has 0 aromatic rings. The van der Waals surface area contributed by atoms with Gasteiger partial charge in [0, 0.05) is 6.42 Å². The van der Waals surface area contributed by atoms with Gasteiger partial charge in [-0.05, 0) is 6.92 Å². The molecule has 1 fully saturated rings. The highest BCUT2D eigenvalue weighted by Gasteiger charge is 2.43. The number of rotatable bonds is 1. The third kappa shape index (κ3) is 3.23. The second-order valence-corrected chi connectivity index (χ2v) is 4.04. The van der Waals surface area contributed by atoms with Crippen LogP contribution in [0, 0.1) is 0 Å². The molecule has 0 bridgehead atoms. The third-order valence-electron chi connectivity index (χ3n) is 2.26. The molecule has 0 aromatic heterocycles. The molecule has 0 radical (unpaired) electrons. The molecule has 94 valence electrons. The van der Waals surface area contributed by atoms with Crippen LogP contribution >= 0.6 is 11.6 Å². The summed E-state index contributed by atoms with van der Waals surface area (Å²) in [5, 5.41) is 11.2. The molecule has 0 aliphatic carbocycles. The minimum atomic E-state index is -4.97. The van der Waals surface area contributed by atoms with Crippen LogP contribution in [0.25, 0.3) is 0 Å². The Labute approximate surface area is 94.7 Å². The smallest absolute Gasteiger partial charge is 0.391 e. The zero-order chi connectivity index (χ0) is 12.5. The van der Waals surface area contributed by atoms with Crippen molar-refractivity contribution in [1.82, 2.24) is 5.32 Å². The second kappa shape index (κ2) is 4.77. The van der Waals surface area contributed by atoms with Crippen molar-refractivity contribution in [2.75, 3.05) is 0 Å². The largest absolute Gasteiger partial charge is 0.471 e. The number of hydrogen-bond donors (Lipinski definition) is 2. The molecule has 4 atom stereocenters. The predicted octanol–water partition coefficient (Wildman–Crippen LogP) is 0.768. The average Bonchev–Trinajstić information content (AvgIpc) is 2.08. The van der Waals surface area contributed by atoms with Crippen LogP contribution in [-0.2, 0) is 9.53 Å². The van der Waals surface area contributed by atoms with E-state index < -0.39 is 35.9 Å². The van der Waals surface area contributed by atoms with Crippen molar-refractivity contribution in [3.05, 3.63) is 0 Å². The van der Waals surface area contributed by atoms with Crippen LogP contribution in [0.3, 0.4) is 0 Å². The normalized spacial score (nSPS) is 35.9. The highest BCUT2D eigenvalue weighted by Crippen LogP contribution is 2.24. The van der Waals surface area contributed by atoms with Crippen LogP contribution in [0.1, 0.15) is 13.3 Å². The van der Waals surface area contributed by atoms with E-state index in [0.717, 1.165) is 0 Å². The summed E-state index contributed by atoms with van der Waals surface area (Å²) in [5.74, 6) is -2.10. The summed E-state index contributed by atoms with van der Waals surface area (Å²) in [4.78, 5) is 10.7. The van der Waals surface area contributed by atoms with Gasteiger partial charge in [-0.1, -0.05) is 11.6 Å². The molecule has 0 aromatic carbocycles. The molecule has 0 spiro atoms. The second-order valence-electron chi connectivity index (χ2n) is 3.55. The molecule has 1 aliphatic rings. The van der Waals surface area contributed by atoms with E-state index in [0.29, 0.717) is 0 Å². The number of aliphatic hydroxyl groups is 1. The zero-order valence-corrected chi connectivity index (χ0v) is 9.05. The van der Waals surface area contributed by atoms with Crippen LogP contribution in [-0.4, -0.2) is 41.0 Å². The number of amides is 1. The van der Waals surface area contributed by atoms with Gasteiger partial charge in [-0.3, -0.25) is 4.79 Å². The Balaban J connectivity index is 2.63. The van der Waals surface area contributed by atoms with Crippen molar-refractivity contribution in [1.29, 1.82) is 0 Å². The standard InChI is InChI=1S/C8H11ClF3NO3/c1-3-6(4(14)2-5(9)16-3)13-7(15)8(10,11)12/h3-6,14H,2H2,1H3,(H,13,15)/t3-,4-,5+,6+/m0/s1. The Morgan fingerprint density at radius 1 is 1.56 bits per heavy atom. The lowest BCUT2D eigenvalue weighted by Gasteiger charge is -2.36. The fraction of sp³-hybridized carbons (Fsp3) is 0.875. The molecule has 0 unspecified atom stereocenters. The number of carbonyl (C=O) groups is 1. The SMILES string of the molecule is C[C@@H]1O[C@@H](Cl)C[C@H](O)[C@@H]1NC(=O)C(F)(F)F. The fourth-order valence-corrected chi connectivity index (χ4v) is 1.81. The molecule has 1 amide bonds. The van der Waals surface area contributed by atoms with Crippen molar-refractivity contribution >= 4 is 17.5 Å². The molecule has 0 saturated carbocycles.